The molecule has 5 nitrogen and oxygen atoms in total. The van der Waals surface area contributed by atoms with Gasteiger partial charge in [0.15, 0.2) is 0 Å². The number of nitrogens with zero attached hydrogens (tertiary/aromatic N) is 2. The van der Waals surface area contributed by atoms with Gasteiger partial charge in [0.1, 0.15) is 11.6 Å². The zero-order valence-corrected chi connectivity index (χ0v) is 15.4. The Hall–Kier alpha value is -1.95. The number of aryl methyl sites for hydroxylation is 1. The molecule has 1 aromatic heterocycles. The number of rotatable bonds is 8. The molecule has 0 bridgehead atoms. The average molecular weight is 348 g/mol. The third-order valence-corrected chi connectivity index (χ3v) is 5.33. The third kappa shape index (κ3) is 5.03. The van der Waals surface area contributed by atoms with Gasteiger partial charge in [0, 0.05) is 17.2 Å². The third-order valence-electron chi connectivity index (χ3n) is 3.93. The van der Waals surface area contributed by atoms with Crippen molar-refractivity contribution in [2.45, 2.75) is 46.5 Å². The van der Waals surface area contributed by atoms with Crippen LogP contribution in [0.4, 0.5) is 0 Å². The molecule has 130 valence electrons. The molecule has 0 radical (unpaired) electrons. The van der Waals surface area contributed by atoms with E-state index in [0.717, 1.165) is 22.0 Å². The van der Waals surface area contributed by atoms with Crippen molar-refractivity contribution in [2.24, 2.45) is 5.92 Å². The number of thiazole rings is 1. The van der Waals surface area contributed by atoms with E-state index >= 15 is 0 Å². The van der Waals surface area contributed by atoms with Gasteiger partial charge in [-0.2, -0.15) is 0 Å². The van der Waals surface area contributed by atoms with Gasteiger partial charge < -0.3 is 4.84 Å². The second-order valence-corrected chi connectivity index (χ2v) is 7.54. The van der Waals surface area contributed by atoms with Crippen LogP contribution in [-0.2, 0) is 17.7 Å². The summed E-state index contributed by atoms with van der Waals surface area (Å²) in [5.41, 5.74) is 3.53. The minimum absolute atomic E-state index is 0.0771. The topological polar surface area (TPSA) is 65.3 Å². The van der Waals surface area contributed by atoms with Crippen LogP contribution in [0.25, 0.3) is 0 Å². The molecule has 0 N–H and O–H groups in total. The monoisotopic (exact) mass is 348 g/mol. The van der Waals surface area contributed by atoms with E-state index in [-0.39, 0.29) is 12.5 Å². The molecule has 6 heteroatoms. The summed E-state index contributed by atoms with van der Waals surface area (Å²) in [4.78, 5) is 20.3. The van der Waals surface area contributed by atoms with Gasteiger partial charge >= 0.3 is 0 Å². The van der Waals surface area contributed by atoms with E-state index in [1.807, 2.05) is 6.92 Å². The first-order chi connectivity index (χ1) is 11.4. The lowest BCUT2D eigenvalue weighted by atomic mass is 9.97. The minimum atomic E-state index is -0.751. The van der Waals surface area contributed by atoms with E-state index < -0.39 is 5.09 Å². The molecule has 0 aliphatic rings. The molecule has 0 saturated carbocycles. The van der Waals surface area contributed by atoms with E-state index in [2.05, 4.69) is 54.9 Å². The highest BCUT2D eigenvalue weighted by Gasteiger charge is 2.16. The van der Waals surface area contributed by atoms with E-state index in [0.29, 0.717) is 12.3 Å². The molecule has 0 amide bonds. The average Bonchev–Trinajstić information content (AvgIpc) is 2.88. The lowest BCUT2D eigenvalue weighted by Crippen LogP contribution is -2.04. The van der Waals surface area contributed by atoms with E-state index in [9.17, 15) is 10.1 Å². The molecular formula is C18H24N2O3S. The largest absolute Gasteiger partial charge is 0.314 e. The van der Waals surface area contributed by atoms with E-state index in [1.165, 1.54) is 11.1 Å². The van der Waals surface area contributed by atoms with Crippen molar-refractivity contribution in [3.63, 3.8) is 0 Å². The van der Waals surface area contributed by atoms with Crippen molar-refractivity contribution in [3.05, 3.63) is 61.1 Å². The number of hydrogen-bond acceptors (Lipinski definition) is 5. The van der Waals surface area contributed by atoms with Crippen LogP contribution in [0.5, 0.6) is 0 Å². The maximum absolute atomic E-state index is 10.2. The summed E-state index contributed by atoms with van der Waals surface area (Å²) in [6, 6.07) is 8.74. The van der Waals surface area contributed by atoms with Gasteiger partial charge in [-0.05, 0) is 30.4 Å². The molecule has 1 heterocycles. The van der Waals surface area contributed by atoms with Crippen molar-refractivity contribution < 1.29 is 9.92 Å². The SMILES string of the molecule is Cc1nc([C@H](C)c2ccc(CC(C)C)cc2)sc1CCO[N+](=O)[O-]. The summed E-state index contributed by atoms with van der Waals surface area (Å²) in [5, 5.41) is 10.5. The Morgan fingerprint density at radius 2 is 1.92 bits per heavy atom. The maximum atomic E-state index is 10.2. The molecular weight excluding hydrogens is 324 g/mol. The summed E-state index contributed by atoms with van der Waals surface area (Å²) in [5.74, 6) is 0.866. The predicted octanol–water partition coefficient (Wildman–Crippen LogP) is 4.55. The van der Waals surface area contributed by atoms with Crippen LogP contribution in [0.3, 0.4) is 0 Å². The molecule has 0 unspecified atom stereocenters. The Morgan fingerprint density at radius 1 is 1.25 bits per heavy atom. The molecule has 24 heavy (non-hydrogen) atoms. The Morgan fingerprint density at radius 3 is 2.50 bits per heavy atom. The molecule has 2 aromatic rings. The molecule has 0 aliphatic heterocycles. The molecule has 0 saturated heterocycles. The fourth-order valence-corrected chi connectivity index (χ4v) is 3.76. The Labute approximate surface area is 146 Å². The first kappa shape index (κ1) is 18.4. The normalized spacial score (nSPS) is 12.4. The Bertz CT molecular complexity index is 680. The predicted molar refractivity (Wildman–Crippen MR) is 96.0 cm³/mol. The molecule has 0 aliphatic carbocycles. The Balaban J connectivity index is 2.06. The minimum Gasteiger partial charge on any atom is -0.314 e. The maximum Gasteiger partial charge on any atom is 0.294 e. The van der Waals surface area contributed by atoms with Gasteiger partial charge in [0.2, 0.25) is 0 Å². The van der Waals surface area contributed by atoms with Crippen LogP contribution in [0, 0.1) is 23.0 Å². The second-order valence-electron chi connectivity index (χ2n) is 6.43. The molecule has 1 aromatic carbocycles. The summed E-state index contributed by atoms with van der Waals surface area (Å²) in [6.45, 7) is 8.61. The van der Waals surface area contributed by atoms with Crippen molar-refractivity contribution in [3.8, 4) is 0 Å². The number of benzene rings is 1. The Kier molecular flexibility index (Phi) is 6.31. The standard InChI is InChI=1S/C18H24N2O3S/c1-12(2)11-15-5-7-16(8-6-15)13(3)18-19-14(4)17(24-18)9-10-23-20(21)22/h5-8,12-13H,9-11H2,1-4H3/t13-/m1/s1. The first-order valence-electron chi connectivity index (χ1n) is 8.19. The first-order valence-corrected chi connectivity index (χ1v) is 9.00. The van der Waals surface area contributed by atoms with Crippen molar-refractivity contribution in [2.75, 3.05) is 6.61 Å². The van der Waals surface area contributed by atoms with Crippen LogP contribution in [0.15, 0.2) is 24.3 Å². The highest BCUT2D eigenvalue weighted by atomic mass is 32.1. The second kappa shape index (κ2) is 8.24. The molecule has 1 atom stereocenters. The highest BCUT2D eigenvalue weighted by molar-refractivity contribution is 7.11. The fourth-order valence-electron chi connectivity index (χ4n) is 2.64. The molecule has 2 rings (SSSR count). The van der Waals surface area contributed by atoms with Gasteiger partial charge in [-0.15, -0.1) is 21.5 Å². The zero-order valence-electron chi connectivity index (χ0n) is 14.6. The highest BCUT2D eigenvalue weighted by Crippen LogP contribution is 2.30. The molecule has 0 fully saturated rings. The van der Waals surface area contributed by atoms with Crippen LogP contribution >= 0.6 is 11.3 Å². The molecule has 0 spiro atoms. The quantitative estimate of drug-likeness (QED) is 0.518. The van der Waals surface area contributed by atoms with Crippen LogP contribution in [-0.4, -0.2) is 16.7 Å². The van der Waals surface area contributed by atoms with Crippen molar-refractivity contribution in [1.82, 2.24) is 4.98 Å². The van der Waals surface area contributed by atoms with Crippen LogP contribution in [0.1, 0.15) is 53.4 Å². The van der Waals surface area contributed by atoms with Gasteiger partial charge in [-0.25, -0.2) is 4.98 Å². The van der Waals surface area contributed by atoms with Gasteiger partial charge in [0.25, 0.3) is 5.09 Å². The number of aromatic nitrogens is 1. The van der Waals surface area contributed by atoms with Crippen molar-refractivity contribution in [1.29, 1.82) is 0 Å². The lowest BCUT2D eigenvalue weighted by Gasteiger charge is -2.11. The van der Waals surface area contributed by atoms with E-state index in [4.69, 9.17) is 0 Å². The van der Waals surface area contributed by atoms with Crippen molar-refractivity contribution >= 4 is 11.3 Å². The van der Waals surface area contributed by atoms with E-state index in [1.54, 1.807) is 11.3 Å². The van der Waals surface area contributed by atoms with Gasteiger partial charge in [0.05, 0.1) is 5.69 Å². The zero-order chi connectivity index (χ0) is 17.7. The summed E-state index contributed by atoms with van der Waals surface area (Å²) >= 11 is 1.62. The van der Waals surface area contributed by atoms with Crippen LogP contribution < -0.4 is 0 Å². The summed E-state index contributed by atoms with van der Waals surface area (Å²) in [7, 11) is 0. The lowest BCUT2D eigenvalue weighted by molar-refractivity contribution is -0.757. The van der Waals surface area contributed by atoms with Gasteiger partial charge in [-0.1, -0.05) is 45.0 Å². The van der Waals surface area contributed by atoms with Crippen LogP contribution in [0.2, 0.25) is 0 Å². The summed E-state index contributed by atoms with van der Waals surface area (Å²) < 4.78 is 0. The summed E-state index contributed by atoms with van der Waals surface area (Å²) in [6.07, 6.45) is 1.61. The fraction of sp³-hybridized carbons (Fsp3) is 0.500. The van der Waals surface area contributed by atoms with Gasteiger partial charge in [-0.3, -0.25) is 0 Å². The number of hydrogen-bond donors (Lipinski definition) is 0. The smallest absolute Gasteiger partial charge is 0.294 e.